The van der Waals surface area contributed by atoms with Crippen LogP contribution in [0.2, 0.25) is 0 Å². The third kappa shape index (κ3) is 5.09. The van der Waals surface area contributed by atoms with Gasteiger partial charge in [0.05, 0.1) is 18.3 Å². The summed E-state index contributed by atoms with van der Waals surface area (Å²) >= 11 is 0. The molecule has 190 valence electrons. The summed E-state index contributed by atoms with van der Waals surface area (Å²) in [5.74, 6) is 6.29. The SMILES string of the molecule is CC#CCn1c(C2CCCN2S(=O)(=O)Cc2ccc(CCC)cc2)c(-c2ccccc2)c2ccccc21. The van der Waals surface area contributed by atoms with Gasteiger partial charge in [0.15, 0.2) is 0 Å². The Hall–Kier alpha value is -3.33. The molecule has 0 aliphatic carbocycles. The minimum Gasteiger partial charge on any atom is -0.331 e. The van der Waals surface area contributed by atoms with E-state index in [-0.39, 0.29) is 11.8 Å². The van der Waals surface area contributed by atoms with Gasteiger partial charge in [0, 0.05) is 28.7 Å². The van der Waals surface area contributed by atoms with Gasteiger partial charge in [-0.25, -0.2) is 8.42 Å². The summed E-state index contributed by atoms with van der Waals surface area (Å²) in [7, 11) is -3.53. The lowest BCUT2D eigenvalue weighted by Gasteiger charge is -2.27. The predicted molar refractivity (Wildman–Crippen MR) is 153 cm³/mol. The fourth-order valence-corrected chi connectivity index (χ4v) is 7.42. The van der Waals surface area contributed by atoms with Crippen molar-refractivity contribution < 1.29 is 8.42 Å². The van der Waals surface area contributed by atoms with Gasteiger partial charge in [0.2, 0.25) is 10.0 Å². The molecule has 4 aromatic rings. The van der Waals surface area contributed by atoms with Crippen LogP contribution in [0.15, 0.2) is 78.9 Å². The first-order valence-corrected chi connectivity index (χ1v) is 14.8. The molecule has 3 aromatic carbocycles. The Morgan fingerprint density at radius 1 is 0.919 bits per heavy atom. The zero-order chi connectivity index (χ0) is 25.8. The summed E-state index contributed by atoms with van der Waals surface area (Å²) < 4.78 is 31.7. The molecule has 5 rings (SSSR count). The fraction of sp³-hybridized carbons (Fsp3) is 0.312. The van der Waals surface area contributed by atoms with Crippen LogP contribution in [0.25, 0.3) is 22.0 Å². The van der Waals surface area contributed by atoms with E-state index in [0.717, 1.165) is 59.0 Å². The second-order valence-corrected chi connectivity index (χ2v) is 11.7. The average Bonchev–Trinajstić information content (AvgIpc) is 3.52. The van der Waals surface area contributed by atoms with Crippen molar-refractivity contribution >= 4 is 20.9 Å². The molecule has 1 aliphatic rings. The Bertz CT molecular complexity index is 1540. The van der Waals surface area contributed by atoms with Crippen LogP contribution in [0.1, 0.15) is 56.0 Å². The summed E-state index contributed by atoms with van der Waals surface area (Å²) in [6.45, 7) is 5.07. The van der Waals surface area contributed by atoms with Gasteiger partial charge in [0.25, 0.3) is 0 Å². The highest BCUT2D eigenvalue weighted by atomic mass is 32.2. The number of hydrogen-bond donors (Lipinski definition) is 0. The molecule has 0 radical (unpaired) electrons. The molecule has 4 nitrogen and oxygen atoms in total. The van der Waals surface area contributed by atoms with E-state index in [9.17, 15) is 8.42 Å². The first-order chi connectivity index (χ1) is 18.0. The van der Waals surface area contributed by atoms with Crippen LogP contribution in [0.4, 0.5) is 0 Å². The Morgan fingerprint density at radius 3 is 2.35 bits per heavy atom. The number of fused-ring (bicyclic) bond motifs is 1. The van der Waals surface area contributed by atoms with Crippen molar-refractivity contribution in [2.45, 2.75) is 57.9 Å². The molecule has 2 heterocycles. The largest absolute Gasteiger partial charge is 0.331 e. The molecule has 0 bridgehead atoms. The minimum absolute atomic E-state index is 0.0194. The molecule has 1 unspecified atom stereocenters. The van der Waals surface area contributed by atoms with E-state index in [0.29, 0.717) is 13.1 Å². The number of para-hydroxylation sites is 1. The summed E-state index contributed by atoms with van der Waals surface area (Å²) in [5.41, 5.74) is 6.45. The van der Waals surface area contributed by atoms with Crippen molar-refractivity contribution in [3.05, 3.63) is 95.7 Å². The van der Waals surface area contributed by atoms with Crippen LogP contribution >= 0.6 is 0 Å². The molecule has 1 aliphatic heterocycles. The predicted octanol–water partition coefficient (Wildman–Crippen LogP) is 6.95. The number of sulfonamides is 1. The highest BCUT2D eigenvalue weighted by Gasteiger charge is 2.39. The van der Waals surface area contributed by atoms with Crippen molar-refractivity contribution in [2.75, 3.05) is 6.54 Å². The Morgan fingerprint density at radius 2 is 1.62 bits per heavy atom. The van der Waals surface area contributed by atoms with Gasteiger partial charge in [-0.1, -0.05) is 92.1 Å². The zero-order valence-electron chi connectivity index (χ0n) is 21.7. The van der Waals surface area contributed by atoms with Crippen molar-refractivity contribution in [1.82, 2.24) is 8.87 Å². The number of rotatable bonds is 8. The lowest BCUT2D eigenvalue weighted by atomic mass is 9.98. The van der Waals surface area contributed by atoms with Crippen LogP contribution in [0.3, 0.4) is 0 Å². The van der Waals surface area contributed by atoms with Crippen LogP contribution in [-0.4, -0.2) is 23.8 Å². The number of aromatic nitrogens is 1. The van der Waals surface area contributed by atoms with E-state index in [4.69, 9.17) is 0 Å². The maximum atomic E-state index is 13.9. The molecular weight excluding hydrogens is 476 g/mol. The number of nitrogens with zero attached hydrogens (tertiary/aromatic N) is 2. The summed E-state index contributed by atoms with van der Waals surface area (Å²) in [5, 5.41) is 1.14. The second kappa shape index (κ2) is 11.0. The number of benzene rings is 3. The van der Waals surface area contributed by atoms with E-state index in [1.165, 1.54) is 5.56 Å². The minimum atomic E-state index is -3.53. The van der Waals surface area contributed by atoms with Crippen LogP contribution < -0.4 is 0 Å². The Labute approximate surface area is 221 Å². The molecular formula is C32H34N2O2S. The van der Waals surface area contributed by atoms with Crippen molar-refractivity contribution in [1.29, 1.82) is 0 Å². The maximum absolute atomic E-state index is 13.9. The normalized spacial score (nSPS) is 16.1. The monoisotopic (exact) mass is 510 g/mol. The smallest absolute Gasteiger partial charge is 0.218 e. The molecule has 1 aromatic heterocycles. The molecule has 37 heavy (non-hydrogen) atoms. The van der Waals surface area contributed by atoms with E-state index in [2.05, 4.69) is 65.8 Å². The molecule has 5 heteroatoms. The Kier molecular flexibility index (Phi) is 7.50. The van der Waals surface area contributed by atoms with Crippen molar-refractivity contribution in [3.8, 4) is 23.0 Å². The number of hydrogen-bond acceptors (Lipinski definition) is 2. The Balaban J connectivity index is 1.61. The second-order valence-electron chi connectivity index (χ2n) is 9.75. The molecule has 1 atom stereocenters. The number of aryl methyl sites for hydroxylation is 1. The highest BCUT2D eigenvalue weighted by molar-refractivity contribution is 7.88. The summed E-state index contributed by atoms with van der Waals surface area (Å²) in [6, 6.07) is 26.5. The van der Waals surface area contributed by atoms with E-state index in [1.807, 2.05) is 43.3 Å². The standard InChI is InChI=1S/C32H34N2O2S/c1-3-5-22-33-29-16-10-9-15-28(29)31(27-13-7-6-8-14-27)32(33)30-17-11-23-34(30)37(35,36)24-26-20-18-25(12-4-2)19-21-26/h6-10,13-16,18-21,30H,4,11-12,17,22-24H2,1-2H3. The van der Waals surface area contributed by atoms with Gasteiger partial charge in [-0.2, -0.15) is 4.31 Å². The van der Waals surface area contributed by atoms with Crippen LogP contribution in [0, 0.1) is 11.8 Å². The van der Waals surface area contributed by atoms with E-state index in [1.54, 1.807) is 4.31 Å². The van der Waals surface area contributed by atoms with Crippen LogP contribution in [0.5, 0.6) is 0 Å². The lowest BCUT2D eigenvalue weighted by molar-refractivity contribution is 0.384. The molecule has 1 saturated heterocycles. The van der Waals surface area contributed by atoms with E-state index >= 15 is 0 Å². The van der Waals surface area contributed by atoms with Gasteiger partial charge in [-0.05, 0) is 48.9 Å². The topological polar surface area (TPSA) is 42.3 Å². The maximum Gasteiger partial charge on any atom is 0.218 e. The first kappa shape index (κ1) is 25.3. The highest BCUT2D eigenvalue weighted by Crippen LogP contribution is 2.44. The first-order valence-electron chi connectivity index (χ1n) is 13.2. The third-order valence-corrected chi connectivity index (χ3v) is 9.12. The van der Waals surface area contributed by atoms with Gasteiger partial charge >= 0.3 is 0 Å². The third-order valence-electron chi connectivity index (χ3n) is 7.27. The van der Waals surface area contributed by atoms with Gasteiger partial charge in [-0.3, -0.25) is 0 Å². The molecule has 1 fully saturated rings. The van der Waals surface area contributed by atoms with Crippen molar-refractivity contribution in [2.24, 2.45) is 0 Å². The zero-order valence-corrected chi connectivity index (χ0v) is 22.5. The quantitative estimate of drug-likeness (QED) is 0.241. The van der Waals surface area contributed by atoms with Crippen LogP contribution in [-0.2, 0) is 28.7 Å². The summed E-state index contributed by atoms with van der Waals surface area (Å²) in [4.78, 5) is 0. The van der Waals surface area contributed by atoms with E-state index < -0.39 is 10.0 Å². The fourth-order valence-electron chi connectivity index (χ4n) is 5.64. The molecule has 0 N–H and O–H groups in total. The molecule has 0 spiro atoms. The van der Waals surface area contributed by atoms with Crippen molar-refractivity contribution in [3.63, 3.8) is 0 Å². The molecule has 0 amide bonds. The van der Waals surface area contributed by atoms with Gasteiger partial charge < -0.3 is 4.57 Å². The summed E-state index contributed by atoms with van der Waals surface area (Å²) in [6.07, 6.45) is 3.72. The molecule has 0 saturated carbocycles. The van der Waals surface area contributed by atoms with Gasteiger partial charge in [-0.15, -0.1) is 5.92 Å². The lowest BCUT2D eigenvalue weighted by Crippen LogP contribution is -2.33. The van der Waals surface area contributed by atoms with Gasteiger partial charge in [0.1, 0.15) is 0 Å². The average molecular weight is 511 g/mol.